The van der Waals surface area contributed by atoms with Crippen LogP contribution in [0.2, 0.25) is 0 Å². The first kappa shape index (κ1) is 18.9. The lowest BCUT2D eigenvalue weighted by atomic mass is 9.77. The Labute approximate surface area is 176 Å². The van der Waals surface area contributed by atoms with Crippen LogP contribution >= 0.6 is 0 Å². The van der Waals surface area contributed by atoms with Crippen molar-refractivity contribution in [2.24, 2.45) is 5.92 Å². The van der Waals surface area contributed by atoms with E-state index in [1.807, 2.05) is 31.2 Å². The Bertz CT molecular complexity index is 1020. The van der Waals surface area contributed by atoms with E-state index in [2.05, 4.69) is 0 Å². The normalized spacial score (nSPS) is 25.8. The van der Waals surface area contributed by atoms with Crippen LogP contribution in [0, 0.1) is 12.8 Å². The molecule has 0 bridgehead atoms. The summed E-state index contributed by atoms with van der Waals surface area (Å²) in [5, 5.41) is 9.73. The number of ketones is 1. The number of aryl methyl sites for hydroxylation is 1. The number of hydrogen-bond donors (Lipinski definition) is 1. The maximum atomic E-state index is 13.5. The molecule has 5 rings (SSSR count). The Morgan fingerprint density at radius 2 is 1.70 bits per heavy atom. The number of hydrogen-bond acceptors (Lipinski definition) is 4. The first-order valence-corrected chi connectivity index (χ1v) is 10.6. The Hall–Kier alpha value is -3.08. The summed E-state index contributed by atoms with van der Waals surface area (Å²) >= 11 is 0. The molecule has 2 heterocycles. The van der Waals surface area contributed by atoms with Gasteiger partial charge in [0.1, 0.15) is 11.9 Å². The lowest BCUT2D eigenvalue weighted by Crippen LogP contribution is -2.39. The number of phenols is 1. The molecule has 0 saturated heterocycles. The van der Waals surface area contributed by atoms with Crippen LogP contribution in [0.15, 0.2) is 59.9 Å². The van der Waals surface area contributed by atoms with Crippen LogP contribution in [0.1, 0.15) is 48.4 Å². The molecule has 3 atom stereocenters. The number of rotatable bonds is 3. The molecule has 3 unspecified atom stereocenters. The molecule has 0 aromatic heterocycles. The number of phenolic OH excluding ortho intramolecular Hbond substituents is 1. The first-order chi connectivity index (χ1) is 14.5. The van der Waals surface area contributed by atoms with Gasteiger partial charge >= 0.3 is 0 Å². The number of aromatic hydroxyl groups is 1. The molecule has 5 heteroatoms. The third kappa shape index (κ3) is 3.09. The zero-order chi connectivity index (χ0) is 20.8. The topological polar surface area (TPSA) is 66.8 Å². The average molecular weight is 403 g/mol. The lowest BCUT2D eigenvalue weighted by Gasteiger charge is -2.35. The Morgan fingerprint density at radius 1 is 1.00 bits per heavy atom. The molecule has 2 aromatic carbocycles. The summed E-state index contributed by atoms with van der Waals surface area (Å²) in [7, 11) is 0. The summed E-state index contributed by atoms with van der Waals surface area (Å²) in [6.45, 7) is 2.42. The van der Waals surface area contributed by atoms with E-state index in [-0.39, 0.29) is 35.2 Å². The predicted molar refractivity (Wildman–Crippen MR) is 111 cm³/mol. The van der Waals surface area contributed by atoms with E-state index in [1.54, 1.807) is 29.2 Å². The molecule has 1 fully saturated rings. The highest BCUT2D eigenvalue weighted by Crippen LogP contribution is 2.47. The van der Waals surface area contributed by atoms with E-state index < -0.39 is 6.04 Å². The number of Topliss-reactive ketones (excluding diaryl/α,β-unsaturated/α-hetero) is 1. The molecule has 2 aliphatic heterocycles. The molecule has 1 aliphatic carbocycles. The minimum absolute atomic E-state index is 0.0544. The maximum Gasteiger partial charge on any atom is 0.290 e. The minimum atomic E-state index is -0.496. The van der Waals surface area contributed by atoms with Gasteiger partial charge in [0.05, 0.1) is 17.5 Å². The molecule has 1 saturated carbocycles. The number of amides is 1. The fourth-order valence-electron chi connectivity index (χ4n) is 4.95. The van der Waals surface area contributed by atoms with Gasteiger partial charge in [-0.25, -0.2) is 0 Å². The molecular weight excluding hydrogens is 378 g/mol. The Kier molecular flexibility index (Phi) is 4.61. The monoisotopic (exact) mass is 403 g/mol. The zero-order valence-corrected chi connectivity index (χ0v) is 17.0. The summed E-state index contributed by atoms with van der Waals surface area (Å²) in [5.41, 5.74) is 3.45. The highest BCUT2D eigenvalue weighted by molar-refractivity contribution is 6.11. The van der Waals surface area contributed by atoms with Crippen molar-refractivity contribution in [2.45, 2.75) is 51.3 Å². The predicted octanol–water partition coefficient (Wildman–Crippen LogP) is 4.20. The SMILES string of the molecule is Cc1ccc(CN2C(=O)C3=C(C(=O)C4CCCCC4O3)C2c2ccc(O)cc2)cc1. The number of carbonyl (C=O) groups is 2. The van der Waals surface area contributed by atoms with Gasteiger partial charge in [0, 0.05) is 6.54 Å². The fraction of sp³-hybridized carbons (Fsp3) is 0.360. The van der Waals surface area contributed by atoms with Gasteiger partial charge in [-0.05, 0) is 49.4 Å². The van der Waals surface area contributed by atoms with Crippen molar-refractivity contribution in [1.82, 2.24) is 4.90 Å². The molecule has 1 N–H and O–H groups in total. The Balaban J connectivity index is 1.57. The first-order valence-electron chi connectivity index (χ1n) is 10.6. The van der Waals surface area contributed by atoms with Gasteiger partial charge in [-0.2, -0.15) is 0 Å². The molecule has 0 radical (unpaired) electrons. The summed E-state index contributed by atoms with van der Waals surface area (Å²) in [4.78, 5) is 28.7. The van der Waals surface area contributed by atoms with E-state index in [0.29, 0.717) is 12.1 Å². The molecule has 2 aromatic rings. The van der Waals surface area contributed by atoms with E-state index >= 15 is 0 Å². The molecule has 1 amide bonds. The molecule has 3 aliphatic rings. The minimum Gasteiger partial charge on any atom is -0.508 e. The van der Waals surface area contributed by atoms with Gasteiger partial charge in [-0.1, -0.05) is 48.4 Å². The second-order valence-corrected chi connectivity index (χ2v) is 8.57. The van der Waals surface area contributed by atoms with Crippen molar-refractivity contribution < 1.29 is 19.4 Å². The number of nitrogens with zero attached hydrogens (tertiary/aromatic N) is 1. The van der Waals surface area contributed by atoms with Crippen LogP contribution in [0.3, 0.4) is 0 Å². The number of benzene rings is 2. The van der Waals surface area contributed by atoms with Crippen LogP contribution in [0.4, 0.5) is 0 Å². The Morgan fingerprint density at radius 3 is 2.43 bits per heavy atom. The standard InChI is InChI=1S/C25H25NO4/c1-15-6-8-16(9-7-15)14-26-22(17-10-12-18(27)13-11-17)21-23(28)19-4-2-3-5-20(19)30-24(21)25(26)29/h6-13,19-20,22,27H,2-5,14H2,1H3. The number of fused-ring (bicyclic) bond motifs is 1. The van der Waals surface area contributed by atoms with Crippen molar-refractivity contribution in [2.75, 3.05) is 0 Å². The van der Waals surface area contributed by atoms with E-state index in [1.165, 1.54) is 0 Å². The number of carbonyl (C=O) groups excluding carboxylic acids is 2. The summed E-state index contributed by atoms with van der Waals surface area (Å²) in [5.74, 6) is 0.0540. The van der Waals surface area contributed by atoms with Crippen LogP contribution < -0.4 is 0 Å². The average Bonchev–Trinajstić information content (AvgIpc) is 3.03. The molecule has 0 spiro atoms. The van der Waals surface area contributed by atoms with Crippen molar-refractivity contribution in [3.63, 3.8) is 0 Å². The summed E-state index contributed by atoms with van der Waals surface area (Å²) in [6.07, 6.45) is 3.49. The van der Waals surface area contributed by atoms with Gasteiger partial charge in [0.2, 0.25) is 0 Å². The van der Waals surface area contributed by atoms with E-state index in [4.69, 9.17) is 4.74 Å². The molecule has 154 valence electrons. The van der Waals surface area contributed by atoms with Crippen molar-refractivity contribution in [3.05, 3.63) is 76.6 Å². The fourth-order valence-corrected chi connectivity index (χ4v) is 4.95. The second-order valence-electron chi connectivity index (χ2n) is 8.57. The molecule has 5 nitrogen and oxygen atoms in total. The van der Waals surface area contributed by atoms with Gasteiger partial charge in [0.25, 0.3) is 5.91 Å². The second kappa shape index (κ2) is 7.31. The van der Waals surface area contributed by atoms with Crippen LogP contribution in [0.5, 0.6) is 5.75 Å². The third-order valence-electron chi connectivity index (χ3n) is 6.54. The highest BCUT2D eigenvalue weighted by atomic mass is 16.5. The smallest absolute Gasteiger partial charge is 0.290 e. The van der Waals surface area contributed by atoms with Crippen LogP contribution in [-0.4, -0.2) is 27.8 Å². The van der Waals surface area contributed by atoms with E-state index in [9.17, 15) is 14.7 Å². The van der Waals surface area contributed by atoms with Crippen LogP contribution in [0.25, 0.3) is 0 Å². The van der Waals surface area contributed by atoms with Gasteiger partial charge in [-0.15, -0.1) is 0 Å². The molecular formula is C25H25NO4. The van der Waals surface area contributed by atoms with E-state index in [0.717, 1.165) is 42.4 Å². The maximum absolute atomic E-state index is 13.5. The summed E-state index contributed by atoms with van der Waals surface area (Å²) in [6, 6.07) is 14.3. The number of ether oxygens (including phenoxy) is 1. The lowest BCUT2D eigenvalue weighted by molar-refractivity contribution is -0.135. The van der Waals surface area contributed by atoms with Crippen LogP contribution in [-0.2, 0) is 20.9 Å². The van der Waals surface area contributed by atoms with Gasteiger partial charge in [-0.3, -0.25) is 9.59 Å². The van der Waals surface area contributed by atoms with Crippen molar-refractivity contribution in [3.8, 4) is 5.75 Å². The molecule has 30 heavy (non-hydrogen) atoms. The quantitative estimate of drug-likeness (QED) is 0.834. The largest absolute Gasteiger partial charge is 0.508 e. The van der Waals surface area contributed by atoms with Crippen molar-refractivity contribution in [1.29, 1.82) is 0 Å². The van der Waals surface area contributed by atoms with Gasteiger partial charge in [0.15, 0.2) is 11.5 Å². The third-order valence-corrected chi connectivity index (χ3v) is 6.54. The van der Waals surface area contributed by atoms with Gasteiger partial charge < -0.3 is 14.7 Å². The zero-order valence-electron chi connectivity index (χ0n) is 17.0. The van der Waals surface area contributed by atoms with Crippen molar-refractivity contribution >= 4 is 11.7 Å². The highest BCUT2D eigenvalue weighted by Gasteiger charge is 2.51. The summed E-state index contributed by atoms with van der Waals surface area (Å²) < 4.78 is 6.18.